The van der Waals surface area contributed by atoms with E-state index in [9.17, 15) is 9.18 Å². The van der Waals surface area contributed by atoms with Gasteiger partial charge in [0.1, 0.15) is 17.6 Å². The summed E-state index contributed by atoms with van der Waals surface area (Å²) in [5.74, 6) is -0.965. The first-order chi connectivity index (χ1) is 12.5. The summed E-state index contributed by atoms with van der Waals surface area (Å²) in [6.45, 7) is 2.22. The molecule has 3 rings (SSSR count). The molecule has 0 saturated heterocycles. The molecule has 1 aliphatic rings. The monoisotopic (exact) mass is 353 g/mol. The number of nitrogens with zero attached hydrogens (tertiary/aromatic N) is 3. The fourth-order valence-corrected chi connectivity index (χ4v) is 2.62. The largest absolute Gasteiger partial charge is 0.465 e. The van der Waals surface area contributed by atoms with Crippen molar-refractivity contribution in [1.82, 2.24) is 4.98 Å². The molecule has 3 N–H and O–H groups in total. The maximum Gasteiger partial charge on any atom is 0.282 e. The molecule has 0 saturated carbocycles. The lowest BCUT2D eigenvalue weighted by molar-refractivity contribution is 0.102. The minimum absolute atomic E-state index is 0.0173. The second kappa shape index (κ2) is 7.19. The summed E-state index contributed by atoms with van der Waals surface area (Å²) in [7, 11) is 0. The van der Waals surface area contributed by atoms with Crippen LogP contribution < -0.4 is 11.1 Å². The van der Waals surface area contributed by atoms with Crippen LogP contribution in [0.25, 0.3) is 0 Å². The SMILES string of the molecule is CC1COC(N)=NC1c1cc(NC(=O)c2ccc(C#N)cn2)ccc1F. The van der Waals surface area contributed by atoms with Crippen LogP contribution in [-0.2, 0) is 4.74 Å². The number of nitrogens with two attached hydrogens (primary N) is 1. The van der Waals surface area contributed by atoms with E-state index in [2.05, 4.69) is 15.3 Å². The Balaban J connectivity index is 1.84. The molecule has 2 heterocycles. The van der Waals surface area contributed by atoms with Crippen molar-refractivity contribution >= 4 is 17.6 Å². The molecule has 26 heavy (non-hydrogen) atoms. The van der Waals surface area contributed by atoms with Crippen LogP contribution in [-0.4, -0.2) is 23.5 Å². The molecule has 1 aliphatic heterocycles. The molecular formula is C18H16FN5O2. The lowest BCUT2D eigenvalue weighted by Crippen LogP contribution is -2.29. The van der Waals surface area contributed by atoms with Crippen LogP contribution in [0.5, 0.6) is 0 Å². The van der Waals surface area contributed by atoms with E-state index in [1.54, 1.807) is 0 Å². The number of aromatic nitrogens is 1. The number of pyridine rings is 1. The van der Waals surface area contributed by atoms with Crippen LogP contribution in [0.15, 0.2) is 41.5 Å². The number of halogens is 1. The quantitative estimate of drug-likeness (QED) is 0.879. The summed E-state index contributed by atoms with van der Waals surface area (Å²) in [5, 5.41) is 11.4. The van der Waals surface area contributed by atoms with Gasteiger partial charge in [-0.25, -0.2) is 14.4 Å². The lowest BCUT2D eigenvalue weighted by Gasteiger charge is -2.26. The molecule has 1 aromatic carbocycles. The van der Waals surface area contributed by atoms with Crippen molar-refractivity contribution in [1.29, 1.82) is 5.26 Å². The minimum Gasteiger partial charge on any atom is -0.465 e. The predicted molar refractivity (Wildman–Crippen MR) is 92.8 cm³/mol. The van der Waals surface area contributed by atoms with Crippen molar-refractivity contribution in [3.05, 3.63) is 59.2 Å². The highest BCUT2D eigenvalue weighted by atomic mass is 19.1. The van der Waals surface area contributed by atoms with Gasteiger partial charge in [0.25, 0.3) is 11.9 Å². The Kier molecular flexibility index (Phi) is 4.80. The van der Waals surface area contributed by atoms with Gasteiger partial charge in [0.05, 0.1) is 18.2 Å². The summed E-state index contributed by atoms with van der Waals surface area (Å²) in [6, 6.07) is 8.66. The Morgan fingerprint density at radius 1 is 1.42 bits per heavy atom. The van der Waals surface area contributed by atoms with Crippen molar-refractivity contribution in [3.8, 4) is 6.07 Å². The first kappa shape index (κ1) is 17.4. The van der Waals surface area contributed by atoms with Gasteiger partial charge >= 0.3 is 0 Å². The summed E-state index contributed by atoms with van der Waals surface area (Å²) < 4.78 is 19.4. The van der Waals surface area contributed by atoms with E-state index in [-0.39, 0.29) is 17.6 Å². The number of hydrogen-bond acceptors (Lipinski definition) is 6. The third kappa shape index (κ3) is 3.62. The van der Waals surface area contributed by atoms with Gasteiger partial charge in [-0.05, 0) is 30.3 Å². The fraction of sp³-hybridized carbons (Fsp3) is 0.222. The van der Waals surface area contributed by atoms with Crippen molar-refractivity contribution < 1.29 is 13.9 Å². The van der Waals surface area contributed by atoms with Crippen LogP contribution in [0.1, 0.15) is 34.6 Å². The van der Waals surface area contributed by atoms with E-state index in [1.165, 1.54) is 36.5 Å². The average molecular weight is 353 g/mol. The van der Waals surface area contributed by atoms with Gasteiger partial charge in [-0.1, -0.05) is 6.92 Å². The molecule has 0 aliphatic carbocycles. The highest BCUT2D eigenvalue weighted by Gasteiger charge is 2.27. The van der Waals surface area contributed by atoms with Crippen molar-refractivity contribution in [2.45, 2.75) is 13.0 Å². The number of hydrogen-bond donors (Lipinski definition) is 2. The first-order valence-electron chi connectivity index (χ1n) is 7.91. The number of rotatable bonds is 3. The number of anilines is 1. The molecule has 0 spiro atoms. The number of aliphatic imine (C=N–C) groups is 1. The molecular weight excluding hydrogens is 337 g/mol. The molecule has 7 nitrogen and oxygen atoms in total. The number of ether oxygens (including phenoxy) is 1. The zero-order valence-electron chi connectivity index (χ0n) is 13.9. The van der Waals surface area contributed by atoms with E-state index in [4.69, 9.17) is 15.7 Å². The van der Waals surface area contributed by atoms with Crippen LogP contribution >= 0.6 is 0 Å². The molecule has 132 valence electrons. The molecule has 2 unspecified atom stereocenters. The summed E-state index contributed by atoms with van der Waals surface area (Å²) in [6.07, 6.45) is 1.31. The molecule has 8 heteroatoms. The van der Waals surface area contributed by atoms with Crippen LogP contribution in [0.3, 0.4) is 0 Å². The van der Waals surface area contributed by atoms with Gasteiger partial charge in [-0.3, -0.25) is 4.79 Å². The van der Waals surface area contributed by atoms with E-state index in [0.29, 0.717) is 23.4 Å². The van der Waals surface area contributed by atoms with Gasteiger partial charge in [0.15, 0.2) is 0 Å². The molecule has 0 fully saturated rings. The molecule has 1 amide bonds. The van der Waals surface area contributed by atoms with Crippen molar-refractivity contribution in [2.24, 2.45) is 16.6 Å². The number of carbonyl (C=O) groups excluding carboxylic acids is 1. The van der Waals surface area contributed by atoms with E-state index >= 15 is 0 Å². The summed E-state index contributed by atoms with van der Waals surface area (Å²) >= 11 is 0. The normalized spacial score (nSPS) is 19.0. The van der Waals surface area contributed by atoms with Gasteiger partial charge in [-0.2, -0.15) is 5.26 Å². The van der Waals surface area contributed by atoms with Crippen molar-refractivity contribution in [2.75, 3.05) is 11.9 Å². The highest BCUT2D eigenvalue weighted by molar-refractivity contribution is 6.02. The molecule has 0 bridgehead atoms. The number of nitriles is 1. The Bertz CT molecular complexity index is 905. The van der Waals surface area contributed by atoms with Gasteiger partial charge in [0, 0.05) is 23.4 Å². The van der Waals surface area contributed by atoms with Crippen molar-refractivity contribution in [3.63, 3.8) is 0 Å². The molecule has 0 radical (unpaired) electrons. The molecule has 2 atom stereocenters. The Hall–Kier alpha value is -3.47. The average Bonchev–Trinajstić information content (AvgIpc) is 2.65. The summed E-state index contributed by atoms with van der Waals surface area (Å²) in [5.41, 5.74) is 6.84. The second-order valence-electron chi connectivity index (χ2n) is 5.93. The summed E-state index contributed by atoms with van der Waals surface area (Å²) in [4.78, 5) is 20.4. The Morgan fingerprint density at radius 3 is 2.92 bits per heavy atom. The van der Waals surface area contributed by atoms with E-state index < -0.39 is 17.8 Å². The highest BCUT2D eigenvalue weighted by Crippen LogP contribution is 2.32. The standard InChI is InChI=1S/C18H16FN5O2/c1-10-9-26-18(21)24-16(10)13-6-12(3-4-14(13)19)23-17(25)15-5-2-11(7-20)8-22-15/h2-6,8,10,16H,9H2,1H3,(H2,21,24)(H,23,25). The first-order valence-corrected chi connectivity index (χ1v) is 7.91. The van der Waals surface area contributed by atoms with Crippen LogP contribution in [0, 0.1) is 23.1 Å². The van der Waals surface area contributed by atoms with Crippen LogP contribution in [0.2, 0.25) is 0 Å². The Morgan fingerprint density at radius 2 is 2.23 bits per heavy atom. The minimum atomic E-state index is -0.492. The number of benzene rings is 1. The van der Waals surface area contributed by atoms with E-state index in [0.717, 1.165) is 0 Å². The third-order valence-electron chi connectivity index (χ3n) is 4.00. The number of amidine groups is 1. The number of amides is 1. The van der Waals surface area contributed by atoms with Gasteiger partial charge < -0.3 is 15.8 Å². The maximum atomic E-state index is 14.3. The second-order valence-corrected chi connectivity index (χ2v) is 5.93. The van der Waals surface area contributed by atoms with Gasteiger partial charge in [0.2, 0.25) is 0 Å². The Labute approximate surface area is 149 Å². The smallest absolute Gasteiger partial charge is 0.282 e. The van der Waals surface area contributed by atoms with Gasteiger partial charge in [-0.15, -0.1) is 0 Å². The maximum absolute atomic E-state index is 14.3. The fourth-order valence-electron chi connectivity index (χ4n) is 2.62. The molecule has 2 aromatic rings. The predicted octanol–water partition coefficient (Wildman–Crippen LogP) is 2.37. The van der Waals surface area contributed by atoms with Crippen LogP contribution in [0.4, 0.5) is 10.1 Å². The number of carbonyl (C=O) groups is 1. The zero-order chi connectivity index (χ0) is 18.7. The van der Waals surface area contributed by atoms with E-state index in [1.807, 2.05) is 13.0 Å². The zero-order valence-corrected chi connectivity index (χ0v) is 13.9. The lowest BCUT2D eigenvalue weighted by atomic mass is 9.94. The molecule has 1 aromatic heterocycles. The number of nitrogens with one attached hydrogen (secondary N) is 1. The third-order valence-corrected chi connectivity index (χ3v) is 4.00. The topological polar surface area (TPSA) is 113 Å².